The standard InChI is InChI=1S/C15H22N2O4S/c1-11-5-6-14(17-22(2,19)20)13(10-11)15(18)16-12-4-3-8-21-9-7-12/h5-6,10,12,17H,3-4,7-9H2,1-2H3,(H,16,18). The molecule has 2 N–H and O–H groups in total. The first kappa shape index (κ1) is 16.8. The zero-order valence-electron chi connectivity index (χ0n) is 12.9. The van der Waals surface area contributed by atoms with E-state index in [1.54, 1.807) is 18.2 Å². The maximum atomic E-state index is 12.5. The number of hydrogen-bond acceptors (Lipinski definition) is 4. The molecule has 0 spiro atoms. The fraction of sp³-hybridized carbons (Fsp3) is 0.533. The number of anilines is 1. The minimum atomic E-state index is -3.43. The van der Waals surface area contributed by atoms with Crippen LogP contribution in [0.2, 0.25) is 0 Å². The van der Waals surface area contributed by atoms with Crippen LogP contribution in [0, 0.1) is 6.92 Å². The van der Waals surface area contributed by atoms with Gasteiger partial charge in [-0.2, -0.15) is 0 Å². The van der Waals surface area contributed by atoms with E-state index in [1.807, 2.05) is 6.92 Å². The highest BCUT2D eigenvalue weighted by Crippen LogP contribution is 2.19. The van der Waals surface area contributed by atoms with E-state index in [4.69, 9.17) is 4.74 Å². The van der Waals surface area contributed by atoms with E-state index in [-0.39, 0.29) is 11.9 Å². The Labute approximate surface area is 131 Å². The summed E-state index contributed by atoms with van der Waals surface area (Å²) in [4.78, 5) is 12.5. The van der Waals surface area contributed by atoms with Crippen LogP contribution in [0.15, 0.2) is 18.2 Å². The number of ether oxygens (including phenoxy) is 1. The molecule has 0 bridgehead atoms. The van der Waals surface area contributed by atoms with Crippen molar-refractivity contribution in [2.75, 3.05) is 24.2 Å². The van der Waals surface area contributed by atoms with Crippen molar-refractivity contribution in [1.29, 1.82) is 0 Å². The number of nitrogens with one attached hydrogen (secondary N) is 2. The number of hydrogen-bond donors (Lipinski definition) is 2. The zero-order valence-corrected chi connectivity index (χ0v) is 13.7. The molecule has 1 aromatic carbocycles. The summed E-state index contributed by atoms with van der Waals surface area (Å²) >= 11 is 0. The van der Waals surface area contributed by atoms with Crippen LogP contribution < -0.4 is 10.0 Å². The second-order valence-electron chi connectivity index (χ2n) is 5.64. The van der Waals surface area contributed by atoms with Crippen LogP contribution in [0.1, 0.15) is 35.2 Å². The molecule has 2 rings (SSSR count). The average molecular weight is 326 g/mol. The summed E-state index contributed by atoms with van der Waals surface area (Å²) in [5.41, 5.74) is 1.54. The Morgan fingerprint density at radius 1 is 1.27 bits per heavy atom. The van der Waals surface area contributed by atoms with E-state index < -0.39 is 10.0 Å². The molecule has 7 heteroatoms. The Hall–Kier alpha value is -1.60. The molecule has 0 saturated carbocycles. The van der Waals surface area contributed by atoms with Gasteiger partial charge in [0.15, 0.2) is 0 Å². The molecule has 1 aliphatic heterocycles. The van der Waals surface area contributed by atoms with Crippen LogP contribution in [0.4, 0.5) is 5.69 Å². The number of carbonyl (C=O) groups excluding carboxylic acids is 1. The van der Waals surface area contributed by atoms with Crippen molar-refractivity contribution >= 4 is 21.6 Å². The van der Waals surface area contributed by atoms with Crippen LogP contribution in [0.25, 0.3) is 0 Å². The first-order valence-corrected chi connectivity index (χ1v) is 9.21. The maximum Gasteiger partial charge on any atom is 0.253 e. The van der Waals surface area contributed by atoms with Crippen LogP contribution in [-0.4, -0.2) is 39.8 Å². The van der Waals surface area contributed by atoms with Crippen LogP contribution >= 0.6 is 0 Å². The monoisotopic (exact) mass is 326 g/mol. The molecular formula is C15H22N2O4S. The molecule has 0 aromatic heterocycles. The van der Waals surface area contributed by atoms with E-state index in [2.05, 4.69) is 10.0 Å². The Kier molecular flexibility index (Phi) is 5.42. The molecule has 1 atom stereocenters. The first-order chi connectivity index (χ1) is 10.3. The molecule has 1 saturated heterocycles. The molecule has 0 radical (unpaired) electrons. The molecule has 0 aliphatic carbocycles. The smallest absolute Gasteiger partial charge is 0.253 e. The van der Waals surface area contributed by atoms with Crippen molar-refractivity contribution < 1.29 is 17.9 Å². The lowest BCUT2D eigenvalue weighted by Crippen LogP contribution is -2.35. The normalized spacial score (nSPS) is 19.3. The van der Waals surface area contributed by atoms with Gasteiger partial charge in [-0.05, 0) is 38.3 Å². The highest BCUT2D eigenvalue weighted by atomic mass is 32.2. The van der Waals surface area contributed by atoms with Gasteiger partial charge in [0.1, 0.15) is 0 Å². The summed E-state index contributed by atoms with van der Waals surface area (Å²) in [5, 5.41) is 2.97. The number of rotatable bonds is 4. The third kappa shape index (κ3) is 4.99. The van der Waals surface area contributed by atoms with Crippen molar-refractivity contribution in [2.45, 2.75) is 32.2 Å². The van der Waals surface area contributed by atoms with E-state index >= 15 is 0 Å². The SMILES string of the molecule is Cc1ccc(NS(C)(=O)=O)c(C(=O)NC2CCCOCC2)c1. The van der Waals surface area contributed by atoms with Crippen LogP contribution in [0.5, 0.6) is 0 Å². The van der Waals surface area contributed by atoms with Crippen LogP contribution in [0.3, 0.4) is 0 Å². The molecule has 22 heavy (non-hydrogen) atoms. The van der Waals surface area contributed by atoms with Gasteiger partial charge in [0, 0.05) is 19.3 Å². The van der Waals surface area contributed by atoms with Crippen molar-refractivity contribution in [3.05, 3.63) is 29.3 Å². The highest BCUT2D eigenvalue weighted by molar-refractivity contribution is 7.92. The number of benzene rings is 1. The highest BCUT2D eigenvalue weighted by Gasteiger charge is 2.19. The predicted molar refractivity (Wildman–Crippen MR) is 85.6 cm³/mol. The summed E-state index contributed by atoms with van der Waals surface area (Å²) in [6.45, 7) is 3.21. The van der Waals surface area contributed by atoms with Crippen molar-refractivity contribution in [3.8, 4) is 0 Å². The topological polar surface area (TPSA) is 84.5 Å². The minimum absolute atomic E-state index is 0.0570. The van der Waals surface area contributed by atoms with Gasteiger partial charge in [0.25, 0.3) is 5.91 Å². The fourth-order valence-electron chi connectivity index (χ4n) is 2.45. The third-order valence-corrected chi connectivity index (χ3v) is 4.09. The lowest BCUT2D eigenvalue weighted by Gasteiger charge is -2.17. The predicted octanol–water partition coefficient (Wildman–Crippen LogP) is 1.67. The third-order valence-electron chi connectivity index (χ3n) is 3.50. The summed E-state index contributed by atoms with van der Waals surface area (Å²) < 4.78 is 30.6. The average Bonchev–Trinajstić information content (AvgIpc) is 2.68. The van der Waals surface area contributed by atoms with Crippen molar-refractivity contribution in [3.63, 3.8) is 0 Å². The molecule has 1 unspecified atom stereocenters. The number of aryl methyl sites for hydroxylation is 1. The lowest BCUT2D eigenvalue weighted by atomic mass is 10.1. The summed E-state index contributed by atoms with van der Waals surface area (Å²) in [6.07, 6.45) is 3.61. The van der Waals surface area contributed by atoms with E-state index in [0.717, 1.165) is 37.7 Å². The first-order valence-electron chi connectivity index (χ1n) is 7.32. The van der Waals surface area contributed by atoms with Gasteiger partial charge in [-0.1, -0.05) is 11.6 Å². The van der Waals surface area contributed by atoms with E-state index in [0.29, 0.717) is 17.9 Å². The molecule has 6 nitrogen and oxygen atoms in total. The van der Waals surface area contributed by atoms with Gasteiger partial charge in [0.05, 0.1) is 17.5 Å². The van der Waals surface area contributed by atoms with Gasteiger partial charge < -0.3 is 10.1 Å². The largest absolute Gasteiger partial charge is 0.381 e. The second-order valence-corrected chi connectivity index (χ2v) is 7.39. The van der Waals surface area contributed by atoms with E-state index in [1.165, 1.54) is 0 Å². The maximum absolute atomic E-state index is 12.5. The lowest BCUT2D eigenvalue weighted by molar-refractivity contribution is 0.0930. The number of carbonyl (C=O) groups is 1. The quantitative estimate of drug-likeness (QED) is 0.881. The Morgan fingerprint density at radius 3 is 2.77 bits per heavy atom. The zero-order chi connectivity index (χ0) is 16.2. The van der Waals surface area contributed by atoms with E-state index in [9.17, 15) is 13.2 Å². The Morgan fingerprint density at radius 2 is 2.05 bits per heavy atom. The minimum Gasteiger partial charge on any atom is -0.381 e. The summed E-state index contributed by atoms with van der Waals surface area (Å²) in [6, 6.07) is 5.13. The van der Waals surface area contributed by atoms with Gasteiger partial charge in [-0.3, -0.25) is 9.52 Å². The molecule has 1 aliphatic rings. The summed E-state index contributed by atoms with van der Waals surface area (Å²) in [7, 11) is -3.43. The van der Waals surface area contributed by atoms with Gasteiger partial charge >= 0.3 is 0 Å². The van der Waals surface area contributed by atoms with Gasteiger partial charge in [-0.15, -0.1) is 0 Å². The molecule has 1 amide bonds. The molecule has 1 fully saturated rings. The Bertz CT molecular complexity index is 635. The number of sulfonamides is 1. The number of amides is 1. The molecular weight excluding hydrogens is 304 g/mol. The fourth-order valence-corrected chi connectivity index (χ4v) is 3.02. The molecule has 1 heterocycles. The van der Waals surface area contributed by atoms with Gasteiger partial charge in [0.2, 0.25) is 10.0 Å². The Balaban J connectivity index is 2.18. The van der Waals surface area contributed by atoms with Crippen molar-refractivity contribution in [1.82, 2.24) is 5.32 Å². The second kappa shape index (κ2) is 7.11. The molecule has 1 aromatic rings. The van der Waals surface area contributed by atoms with Crippen LogP contribution in [-0.2, 0) is 14.8 Å². The molecule has 122 valence electrons. The van der Waals surface area contributed by atoms with Gasteiger partial charge in [-0.25, -0.2) is 8.42 Å². The van der Waals surface area contributed by atoms with Crippen molar-refractivity contribution in [2.24, 2.45) is 0 Å². The summed E-state index contributed by atoms with van der Waals surface area (Å²) in [5.74, 6) is -0.262.